The molecule has 0 spiro atoms. The largest absolute Gasteiger partial charge is 0.438 e. The molecule has 4 rings (SSSR count). The van der Waals surface area contributed by atoms with E-state index >= 15 is 0 Å². The minimum absolute atomic E-state index is 0.158. The Kier molecular flexibility index (Phi) is 3.23. The summed E-state index contributed by atoms with van der Waals surface area (Å²) in [6.07, 6.45) is 2.40. The molecule has 0 saturated heterocycles. The number of aliphatic imine (C=N–C) groups is 1. The minimum atomic E-state index is -0.411. The zero-order valence-electron chi connectivity index (χ0n) is 12.7. The van der Waals surface area contributed by atoms with Gasteiger partial charge in [0.1, 0.15) is 11.3 Å². The third-order valence-corrected chi connectivity index (χ3v) is 4.12. The molecule has 2 aliphatic heterocycles. The Balaban J connectivity index is 1.71. The van der Waals surface area contributed by atoms with Crippen molar-refractivity contribution in [1.82, 2.24) is 5.32 Å². The van der Waals surface area contributed by atoms with Gasteiger partial charge < -0.3 is 10.1 Å². The molecule has 23 heavy (non-hydrogen) atoms. The molecule has 4 heteroatoms. The van der Waals surface area contributed by atoms with Crippen molar-refractivity contribution in [3.8, 4) is 5.75 Å². The predicted octanol–water partition coefficient (Wildman–Crippen LogP) is 3.25. The van der Waals surface area contributed by atoms with Gasteiger partial charge in [-0.05, 0) is 29.7 Å². The van der Waals surface area contributed by atoms with E-state index in [-0.39, 0.29) is 5.91 Å². The molecule has 2 aromatic rings. The first-order valence-electron chi connectivity index (χ1n) is 7.71. The second kappa shape index (κ2) is 5.39. The van der Waals surface area contributed by atoms with Crippen LogP contribution in [0, 0.1) is 0 Å². The second-order valence-electron chi connectivity index (χ2n) is 5.60. The normalized spacial score (nSPS) is 18.8. The van der Waals surface area contributed by atoms with Crippen LogP contribution in [0.15, 0.2) is 59.1 Å². The number of fused-ring (bicyclic) bond motifs is 2. The van der Waals surface area contributed by atoms with Crippen LogP contribution in [0.25, 0.3) is 6.08 Å². The summed E-state index contributed by atoms with van der Waals surface area (Å²) in [4.78, 5) is 17.0. The number of carbonyl (C=O) groups excluding carboxylic acids is 1. The summed E-state index contributed by atoms with van der Waals surface area (Å²) in [5.74, 6) is 0.955. The van der Waals surface area contributed by atoms with Gasteiger partial charge in [-0.2, -0.15) is 0 Å². The molecule has 4 nitrogen and oxygen atoms in total. The van der Waals surface area contributed by atoms with Gasteiger partial charge in [-0.1, -0.05) is 49.4 Å². The highest BCUT2D eigenvalue weighted by molar-refractivity contribution is 6.24. The van der Waals surface area contributed by atoms with Crippen molar-refractivity contribution in [3.63, 3.8) is 0 Å². The molecule has 0 aromatic heterocycles. The number of hydrogen-bond acceptors (Lipinski definition) is 3. The molecule has 1 atom stereocenters. The summed E-state index contributed by atoms with van der Waals surface area (Å²) < 4.78 is 5.82. The molecule has 0 saturated carbocycles. The highest BCUT2D eigenvalue weighted by Crippen LogP contribution is 2.31. The van der Waals surface area contributed by atoms with E-state index in [9.17, 15) is 4.79 Å². The van der Waals surface area contributed by atoms with E-state index in [0.29, 0.717) is 11.5 Å². The number of benzene rings is 2. The summed E-state index contributed by atoms with van der Waals surface area (Å²) in [7, 11) is 0. The topological polar surface area (TPSA) is 50.7 Å². The Morgan fingerprint density at radius 1 is 1.13 bits per heavy atom. The van der Waals surface area contributed by atoms with Crippen LogP contribution in [0.5, 0.6) is 5.75 Å². The summed E-state index contributed by atoms with van der Waals surface area (Å²) in [6, 6.07) is 15.7. The van der Waals surface area contributed by atoms with E-state index < -0.39 is 6.17 Å². The standard InChI is InChI=1S/C19H16N2O2/c1-2-12-7-9-13(10-8-12)17-20-18(22)15-11-14-5-3-4-6-16(14)23-19(15)21-17/h3-11,17H,2H2,1H3,(H,20,22). The van der Waals surface area contributed by atoms with Crippen LogP contribution in [0.4, 0.5) is 0 Å². The Labute approximate surface area is 134 Å². The first-order chi connectivity index (χ1) is 11.2. The van der Waals surface area contributed by atoms with Crippen LogP contribution in [0.3, 0.4) is 0 Å². The molecular formula is C19H16N2O2. The van der Waals surface area contributed by atoms with Gasteiger partial charge >= 0.3 is 0 Å². The monoisotopic (exact) mass is 304 g/mol. The summed E-state index contributed by atoms with van der Waals surface area (Å²) in [6.45, 7) is 2.11. The molecule has 0 radical (unpaired) electrons. The lowest BCUT2D eigenvalue weighted by Gasteiger charge is -2.26. The zero-order chi connectivity index (χ0) is 15.8. The smallest absolute Gasteiger partial charge is 0.258 e. The highest BCUT2D eigenvalue weighted by atomic mass is 16.5. The SMILES string of the molecule is CCc1ccc(C2N=C3Oc4ccccc4C=C3C(=O)N2)cc1. The van der Waals surface area contributed by atoms with E-state index in [1.807, 2.05) is 42.5 Å². The molecule has 1 N–H and O–H groups in total. The molecule has 2 heterocycles. The van der Waals surface area contributed by atoms with E-state index in [4.69, 9.17) is 4.74 Å². The third kappa shape index (κ3) is 2.42. The lowest BCUT2D eigenvalue weighted by molar-refractivity contribution is -0.118. The third-order valence-electron chi connectivity index (χ3n) is 4.12. The van der Waals surface area contributed by atoms with Gasteiger partial charge in [-0.3, -0.25) is 4.79 Å². The predicted molar refractivity (Wildman–Crippen MR) is 89.2 cm³/mol. The van der Waals surface area contributed by atoms with E-state index in [2.05, 4.69) is 29.4 Å². The maximum absolute atomic E-state index is 12.4. The molecule has 2 aliphatic rings. The van der Waals surface area contributed by atoms with Gasteiger partial charge in [-0.15, -0.1) is 0 Å². The maximum atomic E-state index is 12.4. The van der Waals surface area contributed by atoms with Crippen molar-refractivity contribution < 1.29 is 9.53 Å². The minimum Gasteiger partial charge on any atom is -0.438 e. The Morgan fingerprint density at radius 2 is 1.91 bits per heavy atom. The molecule has 0 fully saturated rings. The van der Waals surface area contributed by atoms with Crippen LogP contribution in [-0.4, -0.2) is 11.8 Å². The fraction of sp³-hybridized carbons (Fsp3) is 0.158. The van der Waals surface area contributed by atoms with Crippen LogP contribution in [-0.2, 0) is 11.2 Å². The van der Waals surface area contributed by atoms with Crippen molar-refractivity contribution in [3.05, 3.63) is 70.8 Å². The van der Waals surface area contributed by atoms with Crippen molar-refractivity contribution in [2.24, 2.45) is 4.99 Å². The lowest BCUT2D eigenvalue weighted by atomic mass is 10.0. The number of carbonyl (C=O) groups is 1. The maximum Gasteiger partial charge on any atom is 0.258 e. The molecule has 0 bridgehead atoms. The number of amides is 1. The molecule has 1 amide bonds. The van der Waals surface area contributed by atoms with Crippen LogP contribution in [0.2, 0.25) is 0 Å². The summed E-state index contributed by atoms with van der Waals surface area (Å²) >= 11 is 0. The van der Waals surface area contributed by atoms with Gasteiger partial charge in [-0.25, -0.2) is 4.99 Å². The molecule has 114 valence electrons. The fourth-order valence-corrected chi connectivity index (χ4v) is 2.77. The number of hydrogen-bond donors (Lipinski definition) is 1. The summed E-state index contributed by atoms with van der Waals surface area (Å²) in [5, 5.41) is 2.93. The quantitative estimate of drug-likeness (QED) is 0.926. The lowest BCUT2D eigenvalue weighted by Crippen LogP contribution is -2.39. The second-order valence-corrected chi connectivity index (χ2v) is 5.60. The van der Waals surface area contributed by atoms with Crippen molar-refractivity contribution >= 4 is 17.9 Å². The molecule has 0 aliphatic carbocycles. The van der Waals surface area contributed by atoms with Crippen LogP contribution in [0.1, 0.15) is 29.8 Å². The van der Waals surface area contributed by atoms with E-state index in [0.717, 1.165) is 23.3 Å². The number of aryl methyl sites for hydroxylation is 1. The number of rotatable bonds is 2. The van der Waals surface area contributed by atoms with Gasteiger partial charge in [0.15, 0.2) is 6.17 Å². The molecule has 1 unspecified atom stereocenters. The number of para-hydroxylation sites is 1. The first kappa shape index (κ1) is 13.8. The number of nitrogens with zero attached hydrogens (tertiary/aromatic N) is 1. The Hall–Kier alpha value is -2.88. The fourth-order valence-electron chi connectivity index (χ4n) is 2.77. The van der Waals surface area contributed by atoms with E-state index in [1.165, 1.54) is 5.56 Å². The van der Waals surface area contributed by atoms with Crippen molar-refractivity contribution in [1.29, 1.82) is 0 Å². The van der Waals surface area contributed by atoms with Gasteiger partial charge in [0.2, 0.25) is 5.90 Å². The highest BCUT2D eigenvalue weighted by Gasteiger charge is 2.31. The van der Waals surface area contributed by atoms with Gasteiger partial charge in [0, 0.05) is 5.56 Å². The van der Waals surface area contributed by atoms with Gasteiger partial charge in [0.25, 0.3) is 5.91 Å². The van der Waals surface area contributed by atoms with Crippen LogP contribution >= 0.6 is 0 Å². The van der Waals surface area contributed by atoms with Crippen molar-refractivity contribution in [2.45, 2.75) is 19.5 Å². The number of nitrogens with one attached hydrogen (secondary N) is 1. The Bertz CT molecular complexity index is 835. The number of ether oxygens (including phenoxy) is 1. The van der Waals surface area contributed by atoms with Gasteiger partial charge in [0.05, 0.1) is 0 Å². The molecular weight excluding hydrogens is 288 g/mol. The average molecular weight is 304 g/mol. The first-order valence-corrected chi connectivity index (χ1v) is 7.71. The zero-order valence-corrected chi connectivity index (χ0v) is 12.7. The summed E-state index contributed by atoms with van der Waals surface area (Å²) in [5.41, 5.74) is 3.57. The molecule has 2 aromatic carbocycles. The van der Waals surface area contributed by atoms with Crippen molar-refractivity contribution in [2.75, 3.05) is 0 Å². The van der Waals surface area contributed by atoms with E-state index in [1.54, 1.807) is 0 Å². The average Bonchev–Trinajstić information content (AvgIpc) is 2.60. The van der Waals surface area contributed by atoms with Crippen LogP contribution < -0.4 is 10.1 Å². The Morgan fingerprint density at radius 3 is 2.70 bits per heavy atom.